The summed E-state index contributed by atoms with van der Waals surface area (Å²) in [6.45, 7) is 0.0204. The molecule has 3 nitrogen and oxygen atoms in total. The van der Waals surface area contributed by atoms with Crippen molar-refractivity contribution >= 4 is 5.78 Å². The van der Waals surface area contributed by atoms with E-state index in [4.69, 9.17) is 9.84 Å². The number of hydrogen-bond donors (Lipinski definition) is 1. The van der Waals surface area contributed by atoms with Gasteiger partial charge in [0.2, 0.25) is 5.78 Å². The van der Waals surface area contributed by atoms with Crippen LogP contribution in [-0.2, 0) is 4.79 Å². The van der Waals surface area contributed by atoms with Gasteiger partial charge in [0.15, 0.2) is 0 Å². The Balaban J connectivity index is 2.65. The number of aliphatic hydroxyl groups excluding tert-OH is 1. The summed E-state index contributed by atoms with van der Waals surface area (Å²) >= 11 is 0. The average molecular weight is 218 g/mol. The number of hydrogen-bond acceptors (Lipinski definition) is 3. The van der Waals surface area contributed by atoms with Crippen LogP contribution in [0.15, 0.2) is 24.3 Å². The van der Waals surface area contributed by atoms with Crippen LogP contribution in [0, 0.1) is 11.8 Å². The zero-order valence-electron chi connectivity index (χ0n) is 9.19. The van der Waals surface area contributed by atoms with Gasteiger partial charge < -0.3 is 9.84 Å². The minimum Gasteiger partial charge on any atom is -0.497 e. The molecule has 0 atom stereocenters. The maximum absolute atomic E-state index is 11.2. The lowest BCUT2D eigenvalue weighted by Crippen LogP contribution is -1.95. The number of carbonyl (C=O) groups excluding carboxylic acids is 1. The molecule has 0 bridgehead atoms. The van der Waals surface area contributed by atoms with Gasteiger partial charge in [0, 0.05) is 18.6 Å². The summed E-state index contributed by atoms with van der Waals surface area (Å²) < 4.78 is 5.04. The van der Waals surface area contributed by atoms with Crippen molar-refractivity contribution in [3.63, 3.8) is 0 Å². The third kappa shape index (κ3) is 4.16. The Kier molecular flexibility index (Phi) is 5.10. The highest BCUT2D eigenvalue weighted by molar-refractivity contribution is 5.95. The quantitative estimate of drug-likeness (QED) is 0.777. The number of benzene rings is 1. The van der Waals surface area contributed by atoms with Crippen molar-refractivity contribution in [3.05, 3.63) is 29.8 Å². The number of ether oxygens (including phenoxy) is 1. The molecule has 16 heavy (non-hydrogen) atoms. The Bertz CT molecular complexity index is 413. The standard InChI is InChI=1S/C13H14O3/c1-16-13-6-2-4-11(10-13)7-8-12(15)5-3-9-14/h2,4,6,10,14H,3,5,9H2,1H3. The first-order valence-electron chi connectivity index (χ1n) is 5.06. The largest absolute Gasteiger partial charge is 0.497 e. The molecule has 0 radical (unpaired) electrons. The van der Waals surface area contributed by atoms with E-state index in [1.807, 2.05) is 18.2 Å². The van der Waals surface area contributed by atoms with Crippen LogP contribution in [0.2, 0.25) is 0 Å². The number of rotatable bonds is 4. The molecule has 0 saturated carbocycles. The number of Topliss-reactive ketones (excluding diaryl/α,β-unsaturated/α-hetero) is 1. The summed E-state index contributed by atoms with van der Waals surface area (Å²) in [6.07, 6.45) is 0.763. The summed E-state index contributed by atoms with van der Waals surface area (Å²) in [4.78, 5) is 11.2. The van der Waals surface area contributed by atoms with Crippen LogP contribution in [-0.4, -0.2) is 24.6 Å². The molecular formula is C13H14O3. The average Bonchev–Trinajstić information content (AvgIpc) is 2.34. The summed E-state index contributed by atoms with van der Waals surface area (Å²) in [5.41, 5.74) is 0.747. The van der Waals surface area contributed by atoms with Crippen molar-refractivity contribution in [2.75, 3.05) is 13.7 Å². The van der Waals surface area contributed by atoms with Crippen LogP contribution in [0.1, 0.15) is 18.4 Å². The van der Waals surface area contributed by atoms with Gasteiger partial charge in [-0.3, -0.25) is 4.79 Å². The molecule has 1 aromatic carbocycles. The van der Waals surface area contributed by atoms with Gasteiger partial charge in [0.25, 0.3) is 0 Å². The van der Waals surface area contributed by atoms with Crippen LogP contribution in [0.3, 0.4) is 0 Å². The first-order chi connectivity index (χ1) is 7.76. The molecule has 0 heterocycles. The first-order valence-corrected chi connectivity index (χ1v) is 5.06. The second-order valence-corrected chi connectivity index (χ2v) is 3.23. The van der Waals surface area contributed by atoms with Crippen LogP contribution in [0.4, 0.5) is 0 Å². The minimum atomic E-state index is -0.156. The Morgan fingerprint density at radius 2 is 2.31 bits per heavy atom. The van der Waals surface area contributed by atoms with E-state index in [-0.39, 0.29) is 12.4 Å². The molecule has 0 saturated heterocycles. The second-order valence-electron chi connectivity index (χ2n) is 3.23. The van der Waals surface area contributed by atoms with Crippen LogP contribution >= 0.6 is 0 Å². The molecular weight excluding hydrogens is 204 g/mol. The molecule has 0 amide bonds. The molecule has 1 rings (SSSR count). The molecule has 1 aromatic rings. The van der Waals surface area contributed by atoms with E-state index in [2.05, 4.69) is 11.8 Å². The Labute approximate surface area is 95.1 Å². The van der Waals surface area contributed by atoms with Crippen LogP contribution in [0.5, 0.6) is 5.75 Å². The Morgan fingerprint density at radius 1 is 1.50 bits per heavy atom. The van der Waals surface area contributed by atoms with Gasteiger partial charge >= 0.3 is 0 Å². The van der Waals surface area contributed by atoms with Crippen molar-refractivity contribution in [3.8, 4) is 17.6 Å². The van der Waals surface area contributed by atoms with E-state index in [0.717, 1.165) is 11.3 Å². The summed E-state index contributed by atoms with van der Waals surface area (Å²) in [6, 6.07) is 7.22. The molecule has 1 N–H and O–H groups in total. The maximum Gasteiger partial charge on any atom is 0.205 e. The Hall–Kier alpha value is -1.79. The monoisotopic (exact) mass is 218 g/mol. The number of methoxy groups -OCH3 is 1. The molecule has 0 aliphatic heterocycles. The van der Waals surface area contributed by atoms with Gasteiger partial charge in [0.05, 0.1) is 7.11 Å². The van der Waals surface area contributed by atoms with E-state index < -0.39 is 0 Å². The third-order valence-corrected chi connectivity index (χ3v) is 1.98. The molecule has 0 spiro atoms. The van der Waals surface area contributed by atoms with Gasteiger partial charge in [-0.05, 0) is 30.5 Å². The summed E-state index contributed by atoms with van der Waals surface area (Å²) in [7, 11) is 1.58. The fraction of sp³-hybridized carbons (Fsp3) is 0.308. The lowest BCUT2D eigenvalue weighted by molar-refractivity contribution is -0.114. The lowest BCUT2D eigenvalue weighted by atomic mass is 10.2. The molecule has 84 valence electrons. The SMILES string of the molecule is COc1cccc(C#CC(=O)CCCO)c1. The third-order valence-electron chi connectivity index (χ3n) is 1.98. The predicted molar refractivity (Wildman–Crippen MR) is 61.2 cm³/mol. The number of carbonyl (C=O) groups is 1. The smallest absolute Gasteiger partial charge is 0.205 e. The molecule has 0 aliphatic rings. The zero-order valence-corrected chi connectivity index (χ0v) is 9.19. The van der Waals surface area contributed by atoms with Crippen molar-refractivity contribution in [2.45, 2.75) is 12.8 Å². The molecule has 0 aliphatic carbocycles. The lowest BCUT2D eigenvalue weighted by Gasteiger charge is -1.98. The second kappa shape index (κ2) is 6.65. The van der Waals surface area contributed by atoms with Crippen molar-refractivity contribution in [2.24, 2.45) is 0 Å². The number of aliphatic hydroxyl groups is 1. The highest BCUT2D eigenvalue weighted by Crippen LogP contribution is 2.11. The van der Waals surface area contributed by atoms with Gasteiger partial charge in [-0.1, -0.05) is 12.0 Å². The maximum atomic E-state index is 11.2. The van der Waals surface area contributed by atoms with Gasteiger partial charge in [0.1, 0.15) is 5.75 Å². The Morgan fingerprint density at radius 3 is 3.00 bits per heavy atom. The fourth-order valence-corrected chi connectivity index (χ4v) is 1.14. The molecule has 0 aromatic heterocycles. The fourth-order valence-electron chi connectivity index (χ4n) is 1.14. The molecule has 3 heteroatoms. The summed E-state index contributed by atoms with van der Waals surface area (Å²) in [5, 5.41) is 8.55. The first kappa shape index (κ1) is 12.3. The van der Waals surface area contributed by atoms with E-state index in [9.17, 15) is 4.79 Å². The van der Waals surface area contributed by atoms with Gasteiger partial charge in [-0.2, -0.15) is 0 Å². The highest BCUT2D eigenvalue weighted by atomic mass is 16.5. The van der Waals surface area contributed by atoms with Crippen LogP contribution < -0.4 is 4.74 Å². The topological polar surface area (TPSA) is 46.5 Å². The van der Waals surface area contributed by atoms with E-state index in [1.54, 1.807) is 13.2 Å². The van der Waals surface area contributed by atoms with Crippen LogP contribution in [0.25, 0.3) is 0 Å². The number of ketones is 1. The van der Waals surface area contributed by atoms with Gasteiger partial charge in [-0.25, -0.2) is 0 Å². The predicted octanol–water partition coefficient (Wildman–Crippen LogP) is 1.39. The van der Waals surface area contributed by atoms with Crippen molar-refractivity contribution < 1.29 is 14.6 Å². The van der Waals surface area contributed by atoms with E-state index >= 15 is 0 Å². The molecule has 0 fully saturated rings. The van der Waals surface area contributed by atoms with E-state index in [1.165, 1.54) is 0 Å². The highest BCUT2D eigenvalue weighted by Gasteiger charge is 1.96. The zero-order chi connectivity index (χ0) is 11.8. The molecule has 0 unspecified atom stereocenters. The van der Waals surface area contributed by atoms with E-state index in [0.29, 0.717) is 12.8 Å². The van der Waals surface area contributed by atoms with Gasteiger partial charge in [-0.15, -0.1) is 0 Å². The van der Waals surface area contributed by atoms with Crippen molar-refractivity contribution in [1.29, 1.82) is 0 Å². The minimum absolute atomic E-state index is 0.0204. The normalized spacial score (nSPS) is 9.12. The van der Waals surface area contributed by atoms with Crippen molar-refractivity contribution in [1.82, 2.24) is 0 Å². The summed E-state index contributed by atoms with van der Waals surface area (Å²) in [5.74, 6) is 5.86.